The van der Waals surface area contributed by atoms with Crippen LogP contribution in [0.15, 0.2) is 30.6 Å². The molecule has 2 aromatic rings. The number of aryl methyl sites for hydroxylation is 1. The van der Waals surface area contributed by atoms with Crippen LogP contribution in [0.4, 0.5) is 0 Å². The maximum absolute atomic E-state index is 13.1. The number of amides is 1. The first-order valence-electron chi connectivity index (χ1n) is 8.52. The van der Waals surface area contributed by atoms with Gasteiger partial charge in [0.2, 0.25) is 0 Å². The van der Waals surface area contributed by atoms with Crippen molar-refractivity contribution in [2.24, 2.45) is 5.92 Å². The highest BCUT2D eigenvalue weighted by Gasteiger charge is 2.34. The van der Waals surface area contributed by atoms with Gasteiger partial charge in [0.25, 0.3) is 5.91 Å². The molecule has 3 nitrogen and oxygen atoms in total. The normalized spacial score (nSPS) is 20.1. The Hall–Kier alpha value is -1.68. The first-order chi connectivity index (χ1) is 11.2. The van der Waals surface area contributed by atoms with E-state index < -0.39 is 0 Å². The molecule has 1 saturated carbocycles. The minimum absolute atomic E-state index is 0.219. The Labute approximate surface area is 141 Å². The molecule has 0 bridgehead atoms. The molecule has 2 aliphatic carbocycles. The number of fused-ring (bicyclic) bond motifs is 1. The molecular weight excluding hydrogens is 304 g/mol. The predicted octanol–water partition coefficient (Wildman–Crippen LogP) is 4.07. The van der Waals surface area contributed by atoms with Crippen molar-refractivity contribution in [1.82, 2.24) is 9.88 Å². The first-order valence-corrected chi connectivity index (χ1v) is 9.34. The first kappa shape index (κ1) is 14.9. The van der Waals surface area contributed by atoms with Crippen LogP contribution in [-0.2, 0) is 19.4 Å². The molecule has 2 aliphatic rings. The zero-order valence-electron chi connectivity index (χ0n) is 13.5. The minimum Gasteiger partial charge on any atom is -0.331 e. The van der Waals surface area contributed by atoms with Crippen LogP contribution in [0.25, 0.3) is 0 Å². The second-order valence-corrected chi connectivity index (χ2v) is 8.06. The molecule has 0 saturated heterocycles. The Kier molecular flexibility index (Phi) is 3.93. The van der Waals surface area contributed by atoms with Crippen LogP contribution < -0.4 is 0 Å². The standard InChI is InChI=1S/C19H22N2OS/c1-13-2-5-17-15(10-13)11-18(23-17)19(22)21(16-3-4-16)12-14-6-8-20-9-7-14/h6-9,11,13,16H,2-5,10,12H2,1H3. The van der Waals surface area contributed by atoms with Crippen LogP contribution >= 0.6 is 11.3 Å². The molecule has 1 fully saturated rings. The molecule has 0 aromatic carbocycles. The van der Waals surface area contributed by atoms with Gasteiger partial charge in [-0.2, -0.15) is 0 Å². The van der Waals surface area contributed by atoms with E-state index in [0.29, 0.717) is 12.6 Å². The van der Waals surface area contributed by atoms with E-state index in [-0.39, 0.29) is 5.91 Å². The third-order valence-corrected chi connectivity index (χ3v) is 6.12. The average molecular weight is 326 g/mol. The summed E-state index contributed by atoms with van der Waals surface area (Å²) >= 11 is 1.73. The monoisotopic (exact) mass is 326 g/mol. The molecule has 2 aromatic heterocycles. The number of carbonyl (C=O) groups excluding carboxylic acids is 1. The van der Waals surface area contributed by atoms with E-state index in [1.807, 2.05) is 12.1 Å². The molecule has 0 N–H and O–H groups in total. The molecule has 1 amide bonds. The van der Waals surface area contributed by atoms with Crippen molar-refractivity contribution in [1.29, 1.82) is 0 Å². The molecule has 0 aliphatic heterocycles. The van der Waals surface area contributed by atoms with Gasteiger partial charge in [-0.25, -0.2) is 0 Å². The van der Waals surface area contributed by atoms with E-state index in [1.54, 1.807) is 23.7 Å². The van der Waals surface area contributed by atoms with Gasteiger partial charge in [-0.1, -0.05) is 6.92 Å². The predicted molar refractivity (Wildman–Crippen MR) is 92.6 cm³/mol. The zero-order valence-corrected chi connectivity index (χ0v) is 14.3. The smallest absolute Gasteiger partial charge is 0.264 e. The molecule has 0 spiro atoms. The second kappa shape index (κ2) is 6.08. The summed E-state index contributed by atoms with van der Waals surface area (Å²) in [6.07, 6.45) is 9.41. The lowest BCUT2D eigenvalue weighted by Crippen LogP contribution is -2.32. The maximum atomic E-state index is 13.1. The van der Waals surface area contributed by atoms with Crippen molar-refractivity contribution in [2.45, 2.75) is 51.6 Å². The molecule has 2 heterocycles. The lowest BCUT2D eigenvalue weighted by molar-refractivity contribution is 0.0734. The van der Waals surface area contributed by atoms with Crippen LogP contribution in [-0.4, -0.2) is 21.8 Å². The average Bonchev–Trinajstić information content (AvgIpc) is 3.32. The molecular formula is C19H22N2OS. The lowest BCUT2D eigenvalue weighted by atomic mass is 9.90. The topological polar surface area (TPSA) is 33.2 Å². The van der Waals surface area contributed by atoms with Gasteiger partial charge in [-0.3, -0.25) is 9.78 Å². The fraction of sp³-hybridized carbons (Fsp3) is 0.474. The van der Waals surface area contributed by atoms with E-state index in [1.165, 1.54) is 16.9 Å². The number of hydrogen-bond acceptors (Lipinski definition) is 3. The quantitative estimate of drug-likeness (QED) is 0.848. The fourth-order valence-corrected chi connectivity index (χ4v) is 4.56. The number of carbonyl (C=O) groups is 1. The summed E-state index contributed by atoms with van der Waals surface area (Å²) in [4.78, 5) is 21.6. The highest BCUT2D eigenvalue weighted by Crippen LogP contribution is 2.35. The Balaban J connectivity index is 1.56. The van der Waals surface area contributed by atoms with Crippen LogP contribution in [0.2, 0.25) is 0 Å². The molecule has 4 heteroatoms. The molecule has 120 valence electrons. The summed E-state index contributed by atoms with van der Waals surface area (Å²) in [5.74, 6) is 0.966. The number of nitrogens with zero attached hydrogens (tertiary/aromatic N) is 2. The largest absolute Gasteiger partial charge is 0.331 e. The molecule has 0 radical (unpaired) electrons. The van der Waals surface area contributed by atoms with E-state index in [9.17, 15) is 4.79 Å². The Morgan fingerprint density at radius 3 is 2.83 bits per heavy atom. The number of rotatable bonds is 4. The van der Waals surface area contributed by atoms with E-state index in [4.69, 9.17) is 0 Å². The van der Waals surface area contributed by atoms with Crippen molar-refractivity contribution in [3.05, 3.63) is 51.5 Å². The van der Waals surface area contributed by atoms with E-state index in [2.05, 4.69) is 22.9 Å². The van der Waals surface area contributed by atoms with Gasteiger partial charge in [-0.05, 0) is 67.3 Å². The number of aromatic nitrogens is 1. The summed E-state index contributed by atoms with van der Waals surface area (Å²) < 4.78 is 0. The van der Waals surface area contributed by atoms with E-state index in [0.717, 1.165) is 42.0 Å². The van der Waals surface area contributed by atoms with Gasteiger partial charge < -0.3 is 4.90 Å². The molecule has 1 unspecified atom stereocenters. The van der Waals surface area contributed by atoms with Gasteiger partial charge in [0.15, 0.2) is 0 Å². The SMILES string of the molecule is CC1CCc2sc(C(=O)N(Cc3ccncc3)C3CC3)cc2C1. The van der Waals surface area contributed by atoms with Crippen molar-refractivity contribution in [3.8, 4) is 0 Å². The van der Waals surface area contributed by atoms with Gasteiger partial charge in [0.1, 0.15) is 0 Å². The van der Waals surface area contributed by atoms with Crippen molar-refractivity contribution >= 4 is 17.2 Å². The Morgan fingerprint density at radius 2 is 2.09 bits per heavy atom. The summed E-state index contributed by atoms with van der Waals surface area (Å²) in [6.45, 7) is 3.01. The van der Waals surface area contributed by atoms with Crippen LogP contribution in [0, 0.1) is 5.92 Å². The molecule has 1 atom stereocenters. The lowest BCUT2D eigenvalue weighted by Gasteiger charge is -2.21. The number of pyridine rings is 1. The van der Waals surface area contributed by atoms with Gasteiger partial charge in [-0.15, -0.1) is 11.3 Å². The molecule has 4 rings (SSSR count). The van der Waals surface area contributed by atoms with E-state index >= 15 is 0 Å². The highest BCUT2D eigenvalue weighted by molar-refractivity contribution is 7.14. The zero-order chi connectivity index (χ0) is 15.8. The Bertz CT molecular complexity index is 705. The summed E-state index contributed by atoms with van der Waals surface area (Å²) in [6, 6.07) is 6.60. The van der Waals surface area contributed by atoms with Gasteiger partial charge in [0, 0.05) is 29.9 Å². The fourth-order valence-electron chi connectivity index (χ4n) is 3.39. The highest BCUT2D eigenvalue weighted by atomic mass is 32.1. The maximum Gasteiger partial charge on any atom is 0.264 e. The van der Waals surface area contributed by atoms with Gasteiger partial charge >= 0.3 is 0 Å². The summed E-state index contributed by atoms with van der Waals surface area (Å²) in [5.41, 5.74) is 2.58. The van der Waals surface area contributed by atoms with Crippen LogP contribution in [0.3, 0.4) is 0 Å². The molecule has 23 heavy (non-hydrogen) atoms. The second-order valence-electron chi connectivity index (χ2n) is 6.93. The van der Waals surface area contributed by atoms with Crippen LogP contribution in [0.1, 0.15) is 51.9 Å². The summed E-state index contributed by atoms with van der Waals surface area (Å²) in [5, 5.41) is 0. The minimum atomic E-state index is 0.219. The van der Waals surface area contributed by atoms with Crippen molar-refractivity contribution < 1.29 is 4.79 Å². The number of hydrogen-bond donors (Lipinski definition) is 0. The van der Waals surface area contributed by atoms with Crippen LogP contribution in [0.5, 0.6) is 0 Å². The Morgan fingerprint density at radius 1 is 1.30 bits per heavy atom. The third kappa shape index (κ3) is 3.18. The van der Waals surface area contributed by atoms with Gasteiger partial charge in [0.05, 0.1) is 4.88 Å². The van der Waals surface area contributed by atoms with Crippen molar-refractivity contribution in [3.63, 3.8) is 0 Å². The third-order valence-electron chi connectivity index (χ3n) is 4.89. The number of thiophene rings is 1. The summed E-state index contributed by atoms with van der Waals surface area (Å²) in [7, 11) is 0. The van der Waals surface area contributed by atoms with Crippen molar-refractivity contribution in [2.75, 3.05) is 0 Å².